The zero-order valence-electron chi connectivity index (χ0n) is 10.6. The smallest absolute Gasteiger partial charge is 0.304 e. The zero-order valence-corrected chi connectivity index (χ0v) is 12.2. The largest absolute Gasteiger partial charge is 0.481 e. The second-order valence-corrected chi connectivity index (χ2v) is 5.24. The molecule has 1 atom stereocenters. The van der Waals surface area contributed by atoms with Crippen molar-refractivity contribution in [2.45, 2.75) is 20.3 Å². The molecule has 0 fully saturated rings. The highest BCUT2D eigenvalue weighted by Gasteiger charge is 2.22. The molecule has 0 bridgehead atoms. The highest BCUT2D eigenvalue weighted by atomic mass is 79.9. The molecule has 0 aliphatic rings. The third-order valence-electron chi connectivity index (χ3n) is 2.77. The summed E-state index contributed by atoms with van der Waals surface area (Å²) >= 11 is 3.36. The molecule has 0 saturated heterocycles. The Balaban J connectivity index is 2.92. The van der Waals surface area contributed by atoms with Gasteiger partial charge in [0, 0.05) is 23.1 Å². The Morgan fingerprint density at radius 2 is 2.06 bits per heavy atom. The lowest BCUT2D eigenvalue weighted by atomic mass is 10.1. The molecule has 0 aromatic heterocycles. The van der Waals surface area contributed by atoms with Crippen LogP contribution in [0.3, 0.4) is 0 Å². The van der Waals surface area contributed by atoms with E-state index in [-0.39, 0.29) is 12.3 Å². The van der Waals surface area contributed by atoms with E-state index in [1.807, 2.05) is 25.1 Å². The number of nitrogens with zero attached hydrogens (tertiary/aromatic N) is 1. The minimum Gasteiger partial charge on any atom is -0.481 e. The van der Waals surface area contributed by atoms with Gasteiger partial charge < -0.3 is 10.0 Å². The third kappa shape index (κ3) is 3.57. The molecule has 1 rings (SSSR count). The number of aryl methyl sites for hydroxylation is 1. The van der Waals surface area contributed by atoms with Gasteiger partial charge in [0.05, 0.1) is 6.42 Å². The molecule has 0 spiro atoms. The summed E-state index contributed by atoms with van der Waals surface area (Å²) in [5.41, 5.74) is 1.75. The van der Waals surface area contributed by atoms with Crippen LogP contribution in [0.4, 0.5) is 5.69 Å². The van der Waals surface area contributed by atoms with Crippen molar-refractivity contribution < 1.29 is 14.7 Å². The van der Waals surface area contributed by atoms with E-state index >= 15 is 0 Å². The van der Waals surface area contributed by atoms with Gasteiger partial charge in [0.2, 0.25) is 5.91 Å². The first-order valence-electron chi connectivity index (χ1n) is 5.58. The minimum atomic E-state index is -0.963. The fourth-order valence-electron chi connectivity index (χ4n) is 1.74. The molecular weight excluding hydrogens is 298 g/mol. The maximum absolute atomic E-state index is 12.1. The second kappa shape index (κ2) is 6.00. The molecule has 0 aliphatic carbocycles. The standard InChI is InChI=1S/C13H16BrNO3/c1-8-4-5-10(14)7-11(8)15(3)13(18)9(2)6-12(16)17/h4-5,7,9H,6H2,1-3H3,(H,16,17). The van der Waals surface area contributed by atoms with E-state index in [1.54, 1.807) is 14.0 Å². The van der Waals surface area contributed by atoms with Crippen LogP contribution in [-0.4, -0.2) is 24.0 Å². The minimum absolute atomic E-state index is 0.157. The summed E-state index contributed by atoms with van der Waals surface area (Å²) < 4.78 is 0.883. The molecule has 0 aliphatic heterocycles. The Hall–Kier alpha value is -1.36. The van der Waals surface area contributed by atoms with Crippen LogP contribution in [-0.2, 0) is 9.59 Å². The SMILES string of the molecule is Cc1ccc(Br)cc1N(C)C(=O)C(C)CC(=O)O. The first kappa shape index (κ1) is 14.7. The van der Waals surface area contributed by atoms with Crippen molar-refractivity contribution >= 4 is 33.5 Å². The van der Waals surface area contributed by atoms with Gasteiger partial charge in [0.1, 0.15) is 0 Å². The second-order valence-electron chi connectivity index (χ2n) is 4.33. The Kier molecular flexibility index (Phi) is 4.90. The summed E-state index contributed by atoms with van der Waals surface area (Å²) in [5, 5.41) is 8.71. The van der Waals surface area contributed by atoms with Crippen molar-refractivity contribution in [3.63, 3.8) is 0 Å². The lowest BCUT2D eigenvalue weighted by Crippen LogP contribution is -2.33. The lowest BCUT2D eigenvalue weighted by molar-refractivity contribution is -0.140. The van der Waals surface area contributed by atoms with Crippen LogP contribution >= 0.6 is 15.9 Å². The Morgan fingerprint density at radius 1 is 1.44 bits per heavy atom. The van der Waals surface area contributed by atoms with Crippen LogP contribution in [0.1, 0.15) is 18.9 Å². The van der Waals surface area contributed by atoms with E-state index in [0.29, 0.717) is 0 Å². The van der Waals surface area contributed by atoms with E-state index in [1.165, 1.54) is 4.90 Å². The number of hydrogen-bond donors (Lipinski definition) is 1. The molecule has 1 aromatic carbocycles. The predicted octanol–water partition coefficient (Wildman–Crippen LogP) is 2.83. The van der Waals surface area contributed by atoms with Crippen molar-refractivity contribution in [1.29, 1.82) is 0 Å². The van der Waals surface area contributed by atoms with Gasteiger partial charge in [-0.3, -0.25) is 9.59 Å². The molecule has 98 valence electrons. The molecule has 1 N–H and O–H groups in total. The van der Waals surface area contributed by atoms with E-state index in [9.17, 15) is 9.59 Å². The summed E-state index contributed by atoms with van der Waals surface area (Å²) in [7, 11) is 1.66. The van der Waals surface area contributed by atoms with Crippen LogP contribution in [0, 0.1) is 12.8 Å². The normalized spacial score (nSPS) is 12.0. The topological polar surface area (TPSA) is 57.6 Å². The number of benzene rings is 1. The first-order chi connectivity index (χ1) is 8.32. The molecule has 1 aromatic rings. The number of carboxylic acids is 1. The molecule has 0 saturated carbocycles. The fourth-order valence-corrected chi connectivity index (χ4v) is 2.09. The van der Waals surface area contributed by atoms with Gasteiger partial charge in [-0.05, 0) is 24.6 Å². The number of amides is 1. The molecule has 18 heavy (non-hydrogen) atoms. The number of halogens is 1. The Labute approximate surface area is 115 Å². The van der Waals surface area contributed by atoms with Crippen LogP contribution in [0.5, 0.6) is 0 Å². The van der Waals surface area contributed by atoms with Gasteiger partial charge in [-0.25, -0.2) is 0 Å². The monoisotopic (exact) mass is 313 g/mol. The third-order valence-corrected chi connectivity index (χ3v) is 3.26. The number of carbonyl (C=O) groups excluding carboxylic acids is 1. The molecule has 0 heterocycles. The summed E-state index contributed by atoms with van der Waals surface area (Å²) in [6.45, 7) is 3.54. The summed E-state index contributed by atoms with van der Waals surface area (Å²) in [6.07, 6.45) is -0.157. The van der Waals surface area contributed by atoms with Crippen LogP contribution in [0.15, 0.2) is 22.7 Å². The van der Waals surface area contributed by atoms with Gasteiger partial charge >= 0.3 is 5.97 Å². The van der Waals surface area contributed by atoms with Gasteiger partial charge in [0.25, 0.3) is 0 Å². The average Bonchev–Trinajstić information content (AvgIpc) is 2.29. The number of carboxylic acid groups (broad SMARTS) is 1. The molecular formula is C13H16BrNO3. The van der Waals surface area contributed by atoms with E-state index in [4.69, 9.17) is 5.11 Å². The fraction of sp³-hybridized carbons (Fsp3) is 0.385. The molecule has 1 unspecified atom stereocenters. The van der Waals surface area contributed by atoms with Crippen LogP contribution in [0.25, 0.3) is 0 Å². The molecule has 0 radical (unpaired) electrons. The lowest BCUT2D eigenvalue weighted by Gasteiger charge is -2.22. The Morgan fingerprint density at radius 3 is 2.61 bits per heavy atom. The van der Waals surface area contributed by atoms with Gasteiger partial charge in [0.15, 0.2) is 0 Å². The number of hydrogen-bond acceptors (Lipinski definition) is 2. The van der Waals surface area contributed by atoms with Gasteiger partial charge in [-0.15, -0.1) is 0 Å². The van der Waals surface area contributed by atoms with Crippen molar-refractivity contribution in [3.8, 4) is 0 Å². The molecule has 5 heteroatoms. The van der Waals surface area contributed by atoms with E-state index < -0.39 is 11.9 Å². The highest BCUT2D eigenvalue weighted by molar-refractivity contribution is 9.10. The quantitative estimate of drug-likeness (QED) is 0.930. The number of carbonyl (C=O) groups is 2. The van der Waals surface area contributed by atoms with E-state index in [2.05, 4.69) is 15.9 Å². The van der Waals surface area contributed by atoms with Crippen LogP contribution in [0.2, 0.25) is 0 Å². The number of anilines is 1. The Bertz CT molecular complexity index is 473. The molecule has 1 amide bonds. The highest BCUT2D eigenvalue weighted by Crippen LogP contribution is 2.25. The maximum atomic E-state index is 12.1. The predicted molar refractivity (Wildman–Crippen MR) is 73.7 cm³/mol. The number of rotatable bonds is 4. The maximum Gasteiger partial charge on any atom is 0.304 e. The summed E-state index contributed by atoms with van der Waals surface area (Å²) in [4.78, 5) is 24.2. The van der Waals surface area contributed by atoms with Gasteiger partial charge in [-0.2, -0.15) is 0 Å². The zero-order chi connectivity index (χ0) is 13.9. The van der Waals surface area contributed by atoms with Gasteiger partial charge in [-0.1, -0.05) is 28.9 Å². The number of aliphatic carboxylic acids is 1. The molecule has 4 nitrogen and oxygen atoms in total. The van der Waals surface area contributed by atoms with Crippen LogP contribution < -0.4 is 4.90 Å². The van der Waals surface area contributed by atoms with E-state index in [0.717, 1.165) is 15.7 Å². The van der Waals surface area contributed by atoms with Crippen molar-refractivity contribution in [1.82, 2.24) is 0 Å². The van der Waals surface area contributed by atoms with Crippen molar-refractivity contribution in [2.24, 2.45) is 5.92 Å². The summed E-state index contributed by atoms with van der Waals surface area (Å²) in [6, 6.07) is 5.66. The van der Waals surface area contributed by atoms with Crippen molar-refractivity contribution in [3.05, 3.63) is 28.2 Å². The van der Waals surface area contributed by atoms with Crippen molar-refractivity contribution in [2.75, 3.05) is 11.9 Å². The summed E-state index contributed by atoms with van der Waals surface area (Å²) in [5.74, 6) is -1.69. The first-order valence-corrected chi connectivity index (χ1v) is 6.37. The average molecular weight is 314 g/mol.